The zero-order valence-corrected chi connectivity index (χ0v) is 20.4. The van der Waals surface area contributed by atoms with Gasteiger partial charge in [-0.15, -0.1) is 0 Å². The van der Waals surface area contributed by atoms with E-state index in [0.717, 1.165) is 31.5 Å². The quantitative estimate of drug-likeness (QED) is 0.438. The normalized spacial score (nSPS) is 14.5. The number of rotatable bonds is 5. The Hall–Kier alpha value is -3.75. The largest absolute Gasteiger partial charge is 0.465 e. The highest BCUT2D eigenvalue weighted by Crippen LogP contribution is 2.22. The SMILES string of the molecule is COC(=O)c1c(C)[nH]c(C(=O)C(C)OC(=O)c2ccc3c(=O)n4c(nc3c2)CCCCCC4)c1C. The Morgan fingerprint density at radius 2 is 1.83 bits per heavy atom. The summed E-state index contributed by atoms with van der Waals surface area (Å²) < 4.78 is 12.0. The zero-order chi connectivity index (χ0) is 25.3. The highest BCUT2D eigenvalue weighted by atomic mass is 16.5. The first-order valence-electron chi connectivity index (χ1n) is 11.8. The first kappa shape index (κ1) is 24.4. The average molecular weight is 480 g/mol. The third-order valence-corrected chi connectivity index (χ3v) is 6.53. The molecule has 9 heteroatoms. The number of aromatic amines is 1. The van der Waals surface area contributed by atoms with Gasteiger partial charge in [-0.2, -0.15) is 0 Å². The minimum Gasteiger partial charge on any atom is -0.465 e. The molecule has 0 saturated heterocycles. The number of carbonyl (C=O) groups is 3. The maximum Gasteiger partial charge on any atom is 0.339 e. The number of nitrogens with zero attached hydrogens (tertiary/aromatic N) is 2. The van der Waals surface area contributed by atoms with E-state index in [4.69, 9.17) is 9.47 Å². The monoisotopic (exact) mass is 479 g/mol. The van der Waals surface area contributed by atoms with Gasteiger partial charge >= 0.3 is 11.9 Å². The van der Waals surface area contributed by atoms with Gasteiger partial charge in [0, 0.05) is 18.7 Å². The first-order valence-corrected chi connectivity index (χ1v) is 11.8. The molecule has 184 valence electrons. The molecule has 1 unspecified atom stereocenters. The van der Waals surface area contributed by atoms with Crippen molar-refractivity contribution in [1.29, 1.82) is 0 Å². The second-order valence-corrected chi connectivity index (χ2v) is 8.91. The summed E-state index contributed by atoms with van der Waals surface area (Å²) in [7, 11) is 1.27. The van der Waals surface area contributed by atoms with Crippen molar-refractivity contribution in [2.75, 3.05) is 7.11 Å². The number of hydrogen-bond donors (Lipinski definition) is 1. The van der Waals surface area contributed by atoms with E-state index in [2.05, 4.69) is 9.97 Å². The van der Waals surface area contributed by atoms with Crippen LogP contribution in [0.3, 0.4) is 0 Å². The lowest BCUT2D eigenvalue weighted by Crippen LogP contribution is -2.27. The number of benzene rings is 1. The molecule has 0 radical (unpaired) electrons. The summed E-state index contributed by atoms with van der Waals surface area (Å²) in [5.41, 5.74) is 1.95. The Morgan fingerprint density at radius 3 is 2.57 bits per heavy atom. The third-order valence-electron chi connectivity index (χ3n) is 6.53. The lowest BCUT2D eigenvalue weighted by Gasteiger charge is -2.16. The standard InChI is InChI=1S/C26H29N3O6/c1-14-21(26(33)34-4)15(2)27-22(14)23(30)16(3)35-25(32)17-10-11-18-19(13-17)28-20-9-7-5-6-8-12-29(20)24(18)31/h10-11,13,16,27H,5-9,12H2,1-4H3. The van der Waals surface area contributed by atoms with Crippen LogP contribution < -0.4 is 5.56 Å². The van der Waals surface area contributed by atoms with E-state index < -0.39 is 23.8 Å². The third kappa shape index (κ3) is 4.62. The highest BCUT2D eigenvalue weighted by molar-refractivity contribution is 6.04. The number of aryl methyl sites for hydroxylation is 2. The van der Waals surface area contributed by atoms with Crippen molar-refractivity contribution in [3.63, 3.8) is 0 Å². The number of Topliss-reactive ketones (excluding diaryl/α,β-unsaturated/α-hetero) is 1. The fraction of sp³-hybridized carbons (Fsp3) is 0.423. The number of hydrogen-bond acceptors (Lipinski definition) is 7. The van der Waals surface area contributed by atoms with E-state index in [1.54, 1.807) is 24.5 Å². The van der Waals surface area contributed by atoms with Crippen molar-refractivity contribution >= 4 is 28.6 Å². The van der Waals surface area contributed by atoms with Gasteiger partial charge in [0.05, 0.1) is 34.8 Å². The topological polar surface area (TPSA) is 120 Å². The molecular weight excluding hydrogens is 450 g/mol. The lowest BCUT2D eigenvalue weighted by atomic mass is 10.1. The van der Waals surface area contributed by atoms with Crippen LogP contribution in [0, 0.1) is 13.8 Å². The highest BCUT2D eigenvalue weighted by Gasteiger charge is 2.28. The number of methoxy groups -OCH3 is 1. The maximum atomic E-state index is 13.0. The van der Waals surface area contributed by atoms with Crippen LogP contribution in [-0.2, 0) is 22.4 Å². The van der Waals surface area contributed by atoms with Crippen molar-refractivity contribution < 1.29 is 23.9 Å². The van der Waals surface area contributed by atoms with Gasteiger partial charge < -0.3 is 14.5 Å². The molecule has 4 rings (SSSR count). The molecular formula is C26H29N3O6. The molecule has 0 saturated carbocycles. The Morgan fingerprint density at radius 1 is 1.09 bits per heavy atom. The molecule has 0 aliphatic carbocycles. The molecule has 1 atom stereocenters. The number of esters is 2. The van der Waals surface area contributed by atoms with Crippen LogP contribution in [0.5, 0.6) is 0 Å². The number of carbonyl (C=O) groups excluding carboxylic acids is 3. The van der Waals surface area contributed by atoms with Crippen LogP contribution in [0.1, 0.15) is 80.9 Å². The minimum atomic E-state index is -1.10. The van der Waals surface area contributed by atoms with Gasteiger partial charge in [0.2, 0.25) is 5.78 Å². The fourth-order valence-corrected chi connectivity index (χ4v) is 4.61. The summed E-state index contributed by atoms with van der Waals surface area (Å²) in [5, 5.41) is 0.447. The zero-order valence-electron chi connectivity index (χ0n) is 20.4. The van der Waals surface area contributed by atoms with E-state index in [9.17, 15) is 19.2 Å². The van der Waals surface area contributed by atoms with Crippen LogP contribution in [0.2, 0.25) is 0 Å². The second-order valence-electron chi connectivity index (χ2n) is 8.91. The molecule has 1 N–H and O–H groups in total. The van der Waals surface area contributed by atoms with Crippen LogP contribution >= 0.6 is 0 Å². The van der Waals surface area contributed by atoms with Crippen molar-refractivity contribution in [3.8, 4) is 0 Å². The number of H-pyrrole nitrogens is 1. The lowest BCUT2D eigenvalue weighted by molar-refractivity contribution is 0.0317. The van der Waals surface area contributed by atoms with Gasteiger partial charge in [-0.25, -0.2) is 14.6 Å². The molecule has 1 aromatic carbocycles. The van der Waals surface area contributed by atoms with Crippen molar-refractivity contribution in [3.05, 3.63) is 62.5 Å². The minimum absolute atomic E-state index is 0.102. The van der Waals surface area contributed by atoms with E-state index in [1.807, 2.05) is 0 Å². The van der Waals surface area contributed by atoms with Gasteiger partial charge in [0.15, 0.2) is 6.10 Å². The number of ketones is 1. The van der Waals surface area contributed by atoms with Crippen molar-refractivity contribution in [2.45, 2.75) is 65.5 Å². The molecule has 9 nitrogen and oxygen atoms in total. The molecule has 0 amide bonds. The molecule has 3 aromatic rings. The van der Waals surface area contributed by atoms with Crippen LogP contribution in [0.25, 0.3) is 10.9 Å². The summed E-state index contributed by atoms with van der Waals surface area (Å²) in [6.45, 7) is 5.42. The summed E-state index contributed by atoms with van der Waals surface area (Å²) in [6, 6.07) is 4.64. The Labute approximate surface area is 202 Å². The van der Waals surface area contributed by atoms with E-state index in [0.29, 0.717) is 35.1 Å². The van der Waals surface area contributed by atoms with E-state index in [-0.39, 0.29) is 22.4 Å². The summed E-state index contributed by atoms with van der Waals surface area (Å²) in [4.78, 5) is 58.4. The molecule has 1 aliphatic rings. The summed E-state index contributed by atoms with van der Waals surface area (Å²) in [5.74, 6) is -0.980. The smallest absolute Gasteiger partial charge is 0.339 e. The summed E-state index contributed by atoms with van der Waals surface area (Å²) in [6.07, 6.45) is 3.72. The first-order chi connectivity index (χ1) is 16.7. The Bertz CT molecular complexity index is 1380. The van der Waals surface area contributed by atoms with E-state index >= 15 is 0 Å². The molecule has 2 aromatic heterocycles. The number of ether oxygens (including phenoxy) is 2. The Kier molecular flexibility index (Phi) is 6.86. The van der Waals surface area contributed by atoms with Crippen LogP contribution in [0.15, 0.2) is 23.0 Å². The van der Waals surface area contributed by atoms with Gasteiger partial charge in [0.25, 0.3) is 5.56 Å². The number of nitrogens with one attached hydrogen (secondary N) is 1. The van der Waals surface area contributed by atoms with Crippen LogP contribution in [0.4, 0.5) is 0 Å². The second kappa shape index (κ2) is 9.85. The molecule has 0 fully saturated rings. The predicted molar refractivity (Wildman–Crippen MR) is 129 cm³/mol. The molecule has 35 heavy (non-hydrogen) atoms. The molecule has 1 aliphatic heterocycles. The van der Waals surface area contributed by atoms with Crippen molar-refractivity contribution in [1.82, 2.24) is 14.5 Å². The maximum absolute atomic E-state index is 13.0. The van der Waals surface area contributed by atoms with Crippen LogP contribution in [-0.4, -0.2) is 45.5 Å². The number of aromatic nitrogens is 3. The van der Waals surface area contributed by atoms with Gasteiger partial charge in [-0.3, -0.25) is 14.2 Å². The predicted octanol–water partition coefficient (Wildman–Crippen LogP) is 3.67. The van der Waals surface area contributed by atoms with Gasteiger partial charge in [0.1, 0.15) is 5.82 Å². The fourth-order valence-electron chi connectivity index (χ4n) is 4.61. The van der Waals surface area contributed by atoms with Gasteiger partial charge in [-0.1, -0.05) is 12.8 Å². The molecule has 0 bridgehead atoms. The molecule has 3 heterocycles. The Balaban J connectivity index is 1.58. The number of fused-ring (bicyclic) bond motifs is 2. The van der Waals surface area contributed by atoms with Crippen molar-refractivity contribution in [2.24, 2.45) is 0 Å². The molecule has 0 spiro atoms. The average Bonchev–Trinajstić information content (AvgIpc) is 3.12. The van der Waals surface area contributed by atoms with E-state index in [1.165, 1.54) is 26.2 Å². The van der Waals surface area contributed by atoms with Gasteiger partial charge in [-0.05, 0) is 57.4 Å². The summed E-state index contributed by atoms with van der Waals surface area (Å²) >= 11 is 0.